The zero-order valence-electron chi connectivity index (χ0n) is 30.2. The zero-order chi connectivity index (χ0) is 35.7. The molecule has 0 unspecified atom stereocenters. The van der Waals surface area contributed by atoms with Crippen LogP contribution in [0.5, 0.6) is 0 Å². The first kappa shape index (κ1) is 52.3. The van der Waals surface area contributed by atoms with Gasteiger partial charge in [0.15, 0.2) is 0 Å². The quantitative estimate of drug-likeness (QED) is 0.137. The van der Waals surface area contributed by atoms with Crippen LogP contribution in [0.2, 0.25) is 0 Å². The number of unbranched alkanes of at least 4 members (excludes halogenated alkanes) is 1. The molecule has 0 aromatic rings. The van der Waals surface area contributed by atoms with Gasteiger partial charge in [0, 0.05) is 68.6 Å². The van der Waals surface area contributed by atoms with Gasteiger partial charge < -0.3 is 48.5 Å². The van der Waals surface area contributed by atoms with Crippen LogP contribution in [0.25, 0.3) is 0 Å². The maximum absolute atomic E-state index is 11.4. The topological polar surface area (TPSA) is 166 Å². The van der Waals surface area contributed by atoms with E-state index in [0.717, 1.165) is 19.4 Å². The molecule has 2 N–H and O–H groups in total. The SMILES string of the molecule is CCCCNC(=O)COC.COC(C)C.COC(C)C.COCC(=O)OC.COCCOCCC(=O)CCCNC(=O)COC. The fraction of sp³-hybridized carbons (Fsp3) is 0.871. The molecule has 0 aliphatic rings. The molecule has 0 rings (SSSR count). The molecule has 0 radical (unpaired) electrons. The van der Waals surface area contributed by atoms with Crippen molar-refractivity contribution in [2.75, 3.05) is 102 Å². The highest BCUT2D eigenvalue weighted by atomic mass is 16.6. The first-order chi connectivity index (χ1) is 21.4. The number of Topliss-reactive ketones (excluding diaryl/α,β-unsaturated/α-hetero) is 1. The van der Waals surface area contributed by atoms with Crippen molar-refractivity contribution in [2.45, 2.75) is 78.9 Å². The number of hydrogen-bond acceptors (Lipinski definition) is 12. The highest BCUT2D eigenvalue weighted by Gasteiger charge is 2.03. The molecule has 0 fully saturated rings. The summed E-state index contributed by atoms with van der Waals surface area (Å²) in [6, 6.07) is 0. The summed E-state index contributed by atoms with van der Waals surface area (Å²) < 4.78 is 37.4. The summed E-state index contributed by atoms with van der Waals surface area (Å²) in [5, 5.41) is 5.38. The van der Waals surface area contributed by atoms with Crippen molar-refractivity contribution in [3.8, 4) is 0 Å². The predicted molar refractivity (Wildman–Crippen MR) is 174 cm³/mol. The van der Waals surface area contributed by atoms with Crippen molar-refractivity contribution in [3.63, 3.8) is 0 Å². The van der Waals surface area contributed by atoms with E-state index >= 15 is 0 Å². The van der Waals surface area contributed by atoms with Gasteiger partial charge in [-0.15, -0.1) is 0 Å². The largest absolute Gasteiger partial charge is 0.467 e. The van der Waals surface area contributed by atoms with E-state index in [9.17, 15) is 19.2 Å². The second-order valence-electron chi connectivity index (χ2n) is 9.49. The second kappa shape index (κ2) is 46.2. The second-order valence-corrected chi connectivity index (χ2v) is 9.49. The number of hydrogen-bond donors (Lipinski definition) is 2. The van der Waals surface area contributed by atoms with Gasteiger partial charge in [0.05, 0.1) is 39.1 Å². The molecule has 0 atom stereocenters. The lowest BCUT2D eigenvalue weighted by Gasteiger charge is -2.05. The lowest BCUT2D eigenvalue weighted by Crippen LogP contribution is -2.28. The van der Waals surface area contributed by atoms with E-state index in [-0.39, 0.29) is 43.4 Å². The third kappa shape index (κ3) is 65.5. The Morgan fingerprint density at radius 2 is 1.02 bits per heavy atom. The number of methoxy groups -OCH3 is 7. The molecular formula is C31H66N2O12. The molecule has 0 saturated carbocycles. The molecule has 0 saturated heterocycles. The van der Waals surface area contributed by atoms with E-state index in [1.54, 1.807) is 21.3 Å². The van der Waals surface area contributed by atoms with Gasteiger partial charge in [-0.05, 0) is 40.5 Å². The van der Waals surface area contributed by atoms with E-state index in [1.807, 2.05) is 27.7 Å². The lowest BCUT2D eigenvalue weighted by molar-refractivity contribution is -0.144. The Hall–Kier alpha value is -2.20. The molecule has 14 nitrogen and oxygen atoms in total. The first-order valence-electron chi connectivity index (χ1n) is 15.1. The number of carbonyl (C=O) groups excluding carboxylic acids is 4. The molecule has 272 valence electrons. The Labute approximate surface area is 272 Å². The van der Waals surface area contributed by atoms with Gasteiger partial charge in [-0.25, -0.2) is 4.79 Å². The smallest absolute Gasteiger partial charge is 0.331 e. The van der Waals surface area contributed by atoms with Crippen LogP contribution < -0.4 is 10.6 Å². The van der Waals surface area contributed by atoms with Crippen LogP contribution >= 0.6 is 0 Å². The van der Waals surface area contributed by atoms with Gasteiger partial charge in [-0.2, -0.15) is 0 Å². The number of nitrogens with one attached hydrogen (secondary N) is 2. The molecule has 14 heteroatoms. The van der Waals surface area contributed by atoms with E-state index < -0.39 is 0 Å². The lowest BCUT2D eigenvalue weighted by atomic mass is 10.2. The molecule has 2 amide bonds. The monoisotopic (exact) mass is 658 g/mol. The first-order valence-corrected chi connectivity index (χ1v) is 15.1. The van der Waals surface area contributed by atoms with Crippen LogP contribution in [0.1, 0.15) is 66.7 Å². The van der Waals surface area contributed by atoms with E-state index in [1.165, 1.54) is 28.4 Å². The zero-order valence-corrected chi connectivity index (χ0v) is 30.2. The van der Waals surface area contributed by atoms with Gasteiger partial charge in [0.1, 0.15) is 25.6 Å². The van der Waals surface area contributed by atoms with Crippen molar-refractivity contribution in [3.05, 3.63) is 0 Å². The van der Waals surface area contributed by atoms with Crippen molar-refractivity contribution >= 4 is 23.6 Å². The van der Waals surface area contributed by atoms with Gasteiger partial charge in [-0.3, -0.25) is 14.4 Å². The van der Waals surface area contributed by atoms with Crippen LogP contribution in [-0.4, -0.2) is 138 Å². The summed E-state index contributed by atoms with van der Waals surface area (Å²) in [6.07, 6.45) is 4.43. The average molecular weight is 659 g/mol. The molecule has 0 aliphatic heterocycles. The molecule has 45 heavy (non-hydrogen) atoms. The Bertz CT molecular complexity index is 628. The van der Waals surface area contributed by atoms with Crippen LogP contribution in [0.15, 0.2) is 0 Å². The van der Waals surface area contributed by atoms with Crippen LogP contribution in [-0.2, 0) is 57.1 Å². The Balaban J connectivity index is -0.000000166. The molecular weight excluding hydrogens is 592 g/mol. The Morgan fingerprint density at radius 1 is 0.578 bits per heavy atom. The number of rotatable bonds is 21. The van der Waals surface area contributed by atoms with E-state index in [4.69, 9.17) is 18.9 Å². The highest BCUT2D eigenvalue weighted by Crippen LogP contribution is 1.95. The summed E-state index contributed by atoms with van der Waals surface area (Å²) >= 11 is 0. The van der Waals surface area contributed by atoms with Crippen molar-refractivity contribution in [1.29, 1.82) is 0 Å². The van der Waals surface area contributed by atoms with E-state index in [0.29, 0.717) is 57.8 Å². The van der Waals surface area contributed by atoms with Crippen LogP contribution in [0.3, 0.4) is 0 Å². The maximum Gasteiger partial charge on any atom is 0.331 e. The van der Waals surface area contributed by atoms with Crippen molar-refractivity contribution in [1.82, 2.24) is 10.6 Å². The van der Waals surface area contributed by atoms with Gasteiger partial charge in [-0.1, -0.05) is 13.3 Å². The summed E-state index contributed by atoms with van der Waals surface area (Å²) in [4.78, 5) is 43.2. The minimum atomic E-state index is -0.345. The molecule has 0 bridgehead atoms. The summed E-state index contributed by atoms with van der Waals surface area (Å²) in [7, 11) is 10.7. The van der Waals surface area contributed by atoms with Gasteiger partial charge in [0.25, 0.3) is 0 Å². The molecule has 0 aromatic carbocycles. The standard InChI is InChI=1S/C12H23NO5.C7H15NO2.C4H8O3.2C4H10O/c1-16-8-9-18-7-5-11(14)4-3-6-13-12(15)10-17-2;1-3-4-5-8-7(9)6-10-2;1-6-3-4(5)7-2;2*1-4(2)5-3/h3-10H2,1-2H3,(H,13,15);3-6H2,1-2H3,(H,8,9);3H2,1-2H3;2*4H,1-3H3. The molecule has 0 spiro atoms. The third-order valence-electron chi connectivity index (χ3n) is 4.75. The van der Waals surface area contributed by atoms with Crippen LogP contribution in [0.4, 0.5) is 0 Å². The normalized spacial score (nSPS) is 9.64. The summed E-state index contributed by atoms with van der Waals surface area (Å²) in [6.45, 7) is 13.1. The summed E-state index contributed by atoms with van der Waals surface area (Å²) in [5.41, 5.74) is 0. The van der Waals surface area contributed by atoms with Crippen molar-refractivity contribution in [2.24, 2.45) is 0 Å². The minimum Gasteiger partial charge on any atom is -0.467 e. The minimum absolute atomic E-state index is 0.0315. The molecule has 0 aliphatic carbocycles. The Kier molecular flexibility index (Phi) is 53.8. The van der Waals surface area contributed by atoms with Crippen LogP contribution in [0, 0.1) is 0 Å². The fourth-order valence-corrected chi connectivity index (χ4v) is 2.01. The fourth-order valence-electron chi connectivity index (χ4n) is 2.01. The average Bonchev–Trinajstić information content (AvgIpc) is 3.01. The predicted octanol–water partition coefficient (Wildman–Crippen LogP) is 2.59. The summed E-state index contributed by atoms with van der Waals surface area (Å²) in [5.74, 6) is -0.389. The number of ether oxygens (including phenoxy) is 8. The molecule has 0 aromatic heterocycles. The highest BCUT2D eigenvalue weighted by molar-refractivity contribution is 5.79. The third-order valence-corrected chi connectivity index (χ3v) is 4.75. The van der Waals surface area contributed by atoms with Gasteiger partial charge >= 0.3 is 5.97 Å². The molecule has 0 heterocycles. The van der Waals surface area contributed by atoms with Crippen molar-refractivity contribution < 1.29 is 57.1 Å². The maximum atomic E-state index is 11.4. The number of amides is 2. The Morgan fingerprint density at radius 3 is 1.36 bits per heavy atom. The number of ketones is 1. The number of carbonyl (C=O) groups is 4. The number of esters is 1. The van der Waals surface area contributed by atoms with E-state index in [2.05, 4.69) is 36.5 Å². The van der Waals surface area contributed by atoms with Gasteiger partial charge in [0.2, 0.25) is 11.8 Å².